The van der Waals surface area contributed by atoms with Gasteiger partial charge < -0.3 is 15.7 Å². The van der Waals surface area contributed by atoms with E-state index >= 15 is 0 Å². The van der Waals surface area contributed by atoms with E-state index in [1.165, 1.54) is 12.1 Å². The lowest BCUT2D eigenvalue weighted by Crippen LogP contribution is -2.32. The predicted molar refractivity (Wildman–Crippen MR) is 98.3 cm³/mol. The van der Waals surface area contributed by atoms with Gasteiger partial charge >= 0.3 is 0 Å². The molecule has 3 rings (SSSR count). The average molecular weight is 428 g/mol. The van der Waals surface area contributed by atoms with E-state index in [9.17, 15) is 13.5 Å². The lowest BCUT2D eigenvalue weighted by Gasteiger charge is -2.17. The highest BCUT2D eigenvalue weighted by atomic mass is 79.9. The minimum atomic E-state index is -3.66. The van der Waals surface area contributed by atoms with E-state index in [1.807, 2.05) is 0 Å². The normalized spacial score (nSPS) is 20.0. The van der Waals surface area contributed by atoms with Crippen molar-refractivity contribution in [3.63, 3.8) is 0 Å². The maximum atomic E-state index is 12.4. The van der Waals surface area contributed by atoms with Crippen LogP contribution in [-0.4, -0.2) is 43.2 Å². The van der Waals surface area contributed by atoms with Crippen molar-refractivity contribution in [2.75, 3.05) is 30.3 Å². The number of hydrogen-bond acceptors (Lipinski definition) is 7. The molecule has 4 bridgehead atoms. The highest BCUT2D eigenvalue weighted by Gasteiger charge is 2.18. The van der Waals surface area contributed by atoms with Crippen LogP contribution >= 0.6 is 15.9 Å². The third-order valence-electron chi connectivity index (χ3n) is 3.81. The highest BCUT2D eigenvalue weighted by molar-refractivity contribution is 9.10. The maximum Gasteiger partial charge on any atom is 0.240 e. The number of hydrogen-bond donors (Lipinski definition) is 4. The van der Waals surface area contributed by atoms with Gasteiger partial charge in [0.1, 0.15) is 5.82 Å². The largest absolute Gasteiger partial charge is 0.396 e. The zero-order valence-electron chi connectivity index (χ0n) is 13.2. The fourth-order valence-corrected chi connectivity index (χ4v) is 3.88. The fraction of sp³-hybridized carbons (Fsp3) is 0.333. The Morgan fingerprint density at radius 2 is 2.20 bits per heavy atom. The number of nitrogens with one attached hydrogen (secondary N) is 3. The van der Waals surface area contributed by atoms with Crippen molar-refractivity contribution in [3.05, 3.63) is 34.9 Å². The molecule has 1 atom stereocenters. The summed E-state index contributed by atoms with van der Waals surface area (Å²) in [5.74, 6) is 0.776. The number of aliphatic hydroxyl groups is 1. The topological polar surface area (TPSA) is 116 Å². The molecule has 25 heavy (non-hydrogen) atoms. The van der Waals surface area contributed by atoms with Gasteiger partial charge in [-0.2, -0.15) is 4.98 Å². The summed E-state index contributed by atoms with van der Waals surface area (Å²) in [7, 11) is -3.66. The van der Waals surface area contributed by atoms with Crippen molar-refractivity contribution in [2.24, 2.45) is 5.92 Å². The first kappa shape index (κ1) is 18.1. The standard InChI is InChI=1S/C15H18BrN5O3S/c16-13-8-18-15-20-11-2-1-3-12(6-11)25(23,24)19-7-10(9-22)4-5-17-14(13)21-15/h1-3,6,8,10,19,22H,4-5,7,9H2,(H2,17,18,20,21). The molecule has 1 aliphatic rings. The van der Waals surface area contributed by atoms with Crippen molar-refractivity contribution in [1.82, 2.24) is 14.7 Å². The van der Waals surface area contributed by atoms with Crippen molar-refractivity contribution in [2.45, 2.75) is 11.3 Å². The van der Waals surface area contributed by atoms with E-state index in [4.69, 9.17) is 0 Å². The Morgan fingerprint density at radius 1 is 1.36 bits per heavy atom. The molecule has 134 valence electrons. The van der Waals surface area contributed by atoms with Crippen LogP contribution in [0.1, 0.15) is 6.42 Å². The second kappa shape index (κ2) is 7.65. The first-order chi connectivity index (χ1) is 12.0. The molecule has 4 N–H and O–H groups in total. The molecule has 1 aromatic heterocycles. The number of anilines is 3. The molecule has 0 aliphatic carbocycles. The van der Waals surface area contributed by atoms with E-state index in [0.717, 1.165) is 4.47 Å². The molecule has 1 aromatic carbocycles. The SMILES string of the molecule is O=S1(=O)NCC(CO)CCNc2nc(ncc2Br)Nc2cccc1c2. The van der Waals surface area contributed by atoms with E-state index in [1.54, 1.807) is 18.3 Å². The molecular weight excluding hydrogens is 410 g/mol. The fourth-order valence-electron chi connectivity index (χ4n) is 2.38. The first-order valence-electron chi connectivity index (χ1n) is 7.72. The smallest absolute Gasteiger partial charge is 0.240 e. The summed E-state index contributed by atoms with van der Waals surface area (Å²) in [6.07, 6.45) is 2.20. The molecule has 0 spiro atoms. The molecule has 2 heterocycles. The van der Waals surface area contributed by atoms with E-state index in [2.05, 4.69) is 41.3 Å². The molecule has 0 radical (unpaired) electrons. The molecule has 10 heteroatoms. The Morgan fingerprint density at radius 3 is 3.00 bits per heavy atom. The van der Waals surface area contributed by atoms with Crippen molar-refractivity contribution in [3.8, 4) is 0 Å². The van der Waals surface area contributed by atoms with Crippen LogP contribution in [0.2, 0.25) is 0 Å². The van der Waals surface area contributed by atoms with Gasteiger partial charge in [-0.15, -0.1) is 0 Å². The van der Waals surface area contributed by atoms with Gasteiger partial charge in [-0.25, -0.2) is 18.1 Å². The number of nitrogens with zero attached hydrogens (tertiary/aromatic N) is 2. The van der Waals surface area contributed by atoms with Crippen LogP contribution in [0, 0.1) is 5.92 Å². The quantitative estimate of drug-likeness (QED) is 0.546. The molecular formula is C15H18BrN5O3S. The van der Waals surface area contributed by atoms with Crippen molar-refractivity contribution < 1.29 is 13.5 Å². The molecule has 8 nitrogen and oxygen atoms in total. The number of benzene rings is 1. The van der Waals surface area contributed by atoms with Crippen LogP contribution in [0.15, 0.2) is 39.8 Å². The van der Waals surface area contributed by atoms with Crippen LogP contribution in [0.5, 0.6) is 0 Å². The lowest BCUT2D eigenvalue weighted by atomic mass is 10.1. The Labute approximate surface area is 154 Å². The second-order valence-corrected chi connectivity index (χ2v) is 8.28. The van der Waals surface area contributed by atoms with Crippen LogP contribution < -0.4 is 15.4 Å². The van der Waals surface area contributed by atoms with Crippen molar-refractivity contribution >= 4 is 43.4 Å². The molecule has 0 fully saturated rings. The van der Waals surface area contributed by atoms with E-state index in [0.29, 0.717) is 30.4 Å². The third kappa shape index (κ3) is 4.46. The lowest BCUT2D eigenvalue weighted by molar-refractivity contribution is 0.222. The first-order valence-corrected chi connectivity index (χ1v) is 9.99. The van der Waals surface area contributed by atoms with Gasteiger partial charge in [-0.05, 0) is 46.5 Å². The van der Waals surface area contributed by atoms with Gasteiger partial charge in [0.25, 0.3) is 0 Å². The Bertz CT molecular complexity index is 862. The molecule has 2 aromatic rings. The average Bonchev–Trinajstić information content (AvgIpc) is 2.60. The number of fused-ring (bicyclic) bond motifs is 4. The summed E-state index contributed by atoms with van der Waals surface area (Å²) in [6, 6.07) is 6.41. The van der Waals surface area contributed by atoms with Gasteiger partial charge in [-0.3, -0.25) is 0 Å². The third-order valence-corrected chi connectivity index (χ3v) is 5.81. The van der Waals surface area contributed by atoms with Crippen LogP contribution in [0.25, 0.3) is 0 Å². The van der Waals surface area contributed by atoms with Gasteiger partial charge in [0.05, 0.1) is 9.37 Å². The Kier molecular flexibility index (Phi) is 5.52. The maximum absolute atomic E-state index is 12.4. The number of aromatic nitrogens is 2. The summed E-state index contributed by atoms with van der Waals surface area (Å²) in [5, 5.41) is 15.7. The summed E-state index contributed by atoms with van der Waals surface area (Å²) >= 11 is 3.40. The molecule has 0 saturated heterocycles. The molecule has 1 aliphatic heterocycles. The summed E-state index contributed by atoms with van der Waals surface area (Å²) in [6.45, 7) is 0.587. The number of halogens is 1. The van der Waals surface area contributed by atoms with Gasteiger partial charge in [0, 0.05) is 31.6 Å². The predicted octanol–water partition coefficient (Wildman–Crippen LogP) is 1.69. The summed E-state index contributed by atoms with van der Waals surface area (Å²) in [4.78, 5) is 8.72. The second-order valence-electron chi connectivity index (χ2n) is 5.66. The highest BCUT2D eigenvalue weighted by Crippen LogP contribution is 2.24. The molecule has 0 saturated carbocycles. The van der Waals surface area contributed by atoms with Crippen LogP contribution in [0.4, 0.5) is 17.5 Å². The molecule has 0 amide bonds. The summed E-state index contributed by atoms with van der Waals surface area (Å²) in [5.41, 5.74) is 0.562. The Balaban J connectivity index is 2.00. The molecule has 1 unspecified atom stereocenters. The minimum Gasteiger partial charge on any atom is -0.396 e. The van der Waals surface area contributed by atoms with E-state index < -0.39 is 10.0 Å². The van der Waals surface area contributed by atoms with Crippen molar-refractivity contribution in [1.29, 1.82) is 0 Å². The van der Waals surface area contributed by atoms with E-state index in [-0.39, 0.29) is 24.0 Å². The zero-order chi connectivity index (χ0) is 17.9. The Hall–Kier alpha value is -1.75. The number of rotatable bonds is 1. The van der Waals surface area contributed by atoms with Crippen LogP contribution in [0.3, 0.4) is 0 Å². The van der Waals surface area contributed by atoms with Crippen LogP contribution in [-0.2, 0) is 10.0 Å². The van der Waals surface area contributed by atoms with Gasteiger partial charge in [-0.1, -0.05) is 6.07 Å². The number of aliphatic hydroxyl groups excluding tert-OH is 1. The zero-order valence-corrected chi connectivity index (χ0v) is 15.6. The number of sulfonamides is 1. The minimum absolute atomic E-state index is 0.109. The monoisotopic (exact) mass is 427 g/mol. The van der Waals surface area contributed by atoms with Gasteiger partial charge in [0.2, 0.25) is 16.0 Å². The summed E-state index contributed by atoms with van der Waals surface area (Å²) < 4.78 is 28.2. The van der Waals surface area contributed by atoms with Gasteiger partial charge in [0.15, 0.2) is 0 Å².